The van der Waals surface area contributed by atoms with Crippen molar-refractivity contribution in [3.63, 3.8) is 0 Å². The number of rotatable bonds is 5. The topological polar surface area (TPSA) is 26.0 Å². The highest BCUT2D eigenvalue weighted by atomic mass is 14.5. The van der Waals surface area contributed by atoms with E-state index in [4.69, 9.17) is 5.73 Å². The second kappa shape index (κ2) is 8.28. The smallest absolute Gasteiger partial charge is 0.00625 e. The van der Waals surface area contributed by atoms with E-state index in [1.54, 1.807) is 6.20 Å². The third-order valence-electron chi connectivity index (χ3n) is 1.33. The maximum atomic E-state index is 5.14. The molecule has 2 N–H and O–H groups in total. The van der Waals surface area contributed by atoms with Crippen LogP contribution in [0.5, 0.6) is 0 Å². The zero-order chi connectivity index (χ0) is 7.66. The monoisotopic (exact) mass is 139 g/mol. The van der Waals surface area contributed by atoms with Gasteiger partial charge in [0.1, 0.15) is 0 Å². The van der Waals surface area contributed by atoms with Crippen LogP contribution >= 0.6 is 0 Å². The Hall–Kier alpha value is -0.720. The van der Waals surface area contributed by atoms with Gasteiger partial charge in [-0.1, -0.05) is 31.9 Å². The van der Waals surface area contributed by atoms with Gasteiger partial charge in [-0.3, -0.25) is 0 Å². The summed E-state index contributed by atoms with van der Waals surface area (Å²) in [6.07, 6.45) is 12.7. The van der Waals surface area contributed by atoms with Gasteiger partial charge < -0.3 is 5.73 Å². The van der Waals surface area contributed by atoms with Crippen LogP contribution in [0.25, 0.3) is 0 Å². The van der Waals surface area contributed by atoms with Crippen molar-refractivity contribution >= 4 is 0 Å². The minimum Gasteiger partial charge on any atom is -0.405 e. The molecule has 10 heavy (non-hydrogen) atoms. The molecule has 0 saturated carbocycles. The number of nitrogens with two attached hydrogens (primary N) is 1. The summed E-state index contributed by atoms with van der Waals surface area (Å²) >= 11 is 0. The van der Waals surface area contributed by atoms with Gasteiger partial charge in [0.25, 0.3) is 0 Å². The minimum atomic E-state index is 1.18. The average Bonchev–Trinajstić information content (AvgIpc) is 1.97. The second-order valence-electron chi connectivity index (χ2n) is 2.31. The van der Waals surface area contributed by atoms with Crippen LogP contribution in [0.2, 0.25) is 0 Å². The highest BCUT2D eigenvalue weighted by Gasteiger charge is 1.79. The Morgan fingerprint density at radius 3 is 2.60 bits per heavy atom. The molecule has 58 valence electrons. The first-order valence-electron chi connectivity index (χ1n) is 3.95. The molecule has 0 unspecified atom stereocenters. The van der Waals surface area contributed by atoms with E-state index in [1.165, 1.54) is 25.7 Å². The number of hydrogen-bond acceptors (Lipinski definition) is 1. The Kier molecular flexibility index (Phi) is 7.68. The molecule has 0 bridgehead atoms. The van der Waals surface area contributed by atoms with E-state index in [0.717, 1.165) is 0 Å². The summed E-state index contributed by atoms with van der Waals surface area (Å²) in [6, 6.07) is 0. The summed E-state index contributed by atoms with van der Waals surface area (Å²) in [4.78, 5) is 0. The first-order valence-corrected chi connectivity index (χ1v) is 3.95. The van der Waals surface area contributed by atoms with Gasteiger partial charge in [-0.2, -0.15) is 0 Å². The van der Waals surface area contributed by atoms with Gasteiger partial charge in [-0.25, -0.2) is 0 Å². The van der Waals surface area contributed by atoms with Crippen molar-refractivity contribution < 1.29 is 0 Å². The van der Waals surface area contributed by atoms with Crippen LogP contribution in [0.1, 0.15) is 32.6 Å². The van der Waals surface area contributed by atoms with E-state index in [1.807, 2.05) is 12.2 Å². The van der Waals surface area contributed by atoms with Gasteiger partial charge in [-0.15, -0.1) is 0 Å². The molecule has 0 spiro atoms. The van der Waals surface area contributed by atoms with Crippen LogP contribution in [0, 0.1) is 0 Å². The molecule has 0 aliphatic heterocycles. The van der Waals surface area contributed by atoms with Crippen LogP contribution < -0.4 is 5.73 Å². The molecule has 0 heterocycles. The average molecular weight is 139 g/mol. The molecule has 0 aliphatic rings. The van der Waals surface area contributed by atoms with Gasteiger partial charge >= 0.3 is 0 Å². The van der Waals surface area contributed by atoms with E-state index in [9.17, 15) is 0 Å². The molecule has 0 aromatic heterocycles. The lowest BCUT2D eigenvalue weighted by atomic mass is 10.2. The zero-order valence-electron chi connectivity index (χ0n) is 6.72. The second-order valence-corrected chi connectivity index (χ2v) is 2.31. The Morgan fingerprint density at radius 1 is 1.20 bits per heavy atom. The molecule has 0 atom stereocenters. The lowest BCUT2D eigenvalue weighted by Gasteiger charge is -1.89. The molecular weight excluding hydrogens is 122 g/mol. The molecule has 0 aliphatic carbocycles. The summed E-state index contributed by atoms with van der Waals surface area (Å²) in [5.41, 5.74) is 5.14. The van der Waals surface area contributed by atoms with Crippen molar-refractivity contribution in [3.05, 3.63) is 24.4 Å². The van der Waals surface area contributed by atoms with E-state index in [0.29, 0.717) is 0 Å². The summed E-state index contributed by atoms with van der Waals surface area (Å²) in [5.74, 6) is 0. The summed E-state index contributed by atoms with van der Waals surface area (Å²) < 4.78 is 0. The van der Waals surface area contributed by atoms with E-state index in [2.05, 4.69) is 13.0 Å². The minimum absolute atomic E-state index is 1.18. The first-order chi connectivity index (χ1) is 4.91. The highest BCUT2D eigenvalue weighted by molar-refractivity contribution is 5.00. The van der Waals surface area contributed by atoms with Crippen LogP contribution in [-0.2, 0) is 0 Å². The molecule has 0 fully saturated rings. The predicted molar refractivity (Wildman–Crippen MR) is 46.6 cm³/mol. The third kappa shape index (κ3) is 7.28. The molecular formula is C9H17N. The Bertz CT molecular complexity index is 103. The zero-order valence-corrected chi connectivity index (χ0v) is 6.72. The van der Waals surface area contributed by atoms with Gasteiger partial charge in [-0.05, 0) is 25.1 Å². The van der Waals surface area contributed by atoms with Gasteiger partial charge in [0.2, 0.25) is 0 Å². The Balaban J connectivity index is 3.02. The molecule has 1 heteroatoms. The fourth-order valence-electron chi connectivity index (χ4n) is 0.751. The lowest BCUT2D eigenvalue weighted by Crippen LogP contribution is -1.73. The number of unbranched alkanes of at least 4 members (excludes halogenated alkanes) is 3. The summed E-state index contributed by atoms with van der Waals surface area (Å²) in [5, 5.41) is 0. The standard InChI is InChI=1S/C9H17N/c1-2-3-4-5-6-7-8-9-10/h6-9H,2-5,10H2,1H3/b7-6+,9-8+. The van der Waals surface area contributed by atoms with Crippen molar-refractivity contribution in [3.8, 4) is 0 Å². The van der Waals surface area contributed by atoms with Gasteiger partial charge in [0.15, 0.2) is 0 Å². The number of hydrogen-bond donors (Lipinski definition) is 1. The quantitative estimate of drug-likeness (QED) is 0.460. The third-order valence-corrected chi connectivity index (χ3v) is 1.33. The van der Waals surface area contributed by atoms with E-state index in [-0.39, 0.29) is 0 Å². The molecule has 0 aromatic carbocycles. The largest absolute Gasteiger partial charge is 0.405 e. The molecule has 0 amide bonds. The Labute approximate surface area is 63.6 Å². The summed E-state index contributed by atoms with van der Waals surface area (Å²) in [7, 11) is 0. The predicted octanol–water partition coefficient (Wildman–Crippen LogP) is 2.60. The number of allylic oxidation sites excluding steroid dienone is 3. The Morgan fingerprint density at radius 2 is 2.00 bits per heavy atom. The normalized spacial score (nSPS) is 11.7. The maximum absolute atomic E-state index is 5.14. The van der Waals surface area contributed by atoms with E-state index < -0.39 is 0 Å². The molecule has 1 nitrogen and oxygen atoms in total. The van der Waals surface area contributed by atoms with Gasteiger partial charge in [0, 0.05) is 0 Å². The van der Waals surface area contributed by atoms with Crippen molar-refractivity contribution in [1.29, 1.82) is 0 Å². The maximum Gasteiger partial charge on any atom is -0.00625 e. The van der Waals surface area contributed by atoms with E-state index >= 15 is 0 Å². The molecule has 0 rings (SSSR count). The highest BCUT2D eigenvalue weighted by Crippen LogP contribution is 1.98. The molecule has 0 aromatic rings. The van der Waals surface area contributed by atoms with Crippen molar-refractivity contribution in [2.45, 2.75) is 32.6 Å². The van der Waals surface area contributed by atoms with Crippen molar-refractivity contribution in [2.24, 2.45) is 5.73 Å². The molecule has 0 radical (unpaired) electrons. The van der Waals surface area contributed by atoms with Crippen LogP contribution in [0.4, 0.5) is 0 Å². The van der Waals surface area contributed by atoms with Crippen molar-refractivity contribution in [2.75, 3.05) is 0 Å². The van der Waals surface area contributed by atoms with Crippen molar-refractivity contribution in [1.82, 2.24) is 0 Å². The lowest BCUT2D eigenvalue weighted by molar-refractivity contribution is 0.729. The fourth-order valence-corrected chi connectivity index (χ4v) is 0.751. The molecule has 0 saturated heterocycles. The SMILES string of the molecule is CCCCC/C=C/C=C/N. The fraction of sp³-hybridized carbons (Fsp3) is 0.556. The van der Waals surface area contributed by atoms with Crippen LogP contribution in [0.15, 0.2) is 24.4 Å². The van der Waals surface area contributed by atoms with Crippen LogP contribution in [-0.4, -0.2) is 0 Å². The first kappa shape index (κ1) is 9.28. The summed E-state index contributed by atoms with van der Waals surface area (Å²) in [6.45, 7) is 2.21. The van der Waals surface area contributed by atoms with Crippen LogP contribution in [0.3, 0.4) is 0 Å². The van der Waals surface area contributed by atoms with Gasteiger partial charge in [0.05, 0.1) is 0 Å².